The van der Waals surface area contributed by atoms with Crippen molar-refractivity contribution in [3.05, 3.63) is 71.3 Å². The normalized spacial score (nSPS) is 18.7. The van der Waals surface area contributed by atoms with Crippen molar-refractivity contribution >= 4 is 16.9 Å². The number of ether oxygens (including phenoxy) is 1. The van der Waals surface area contributed by atoms with Crippen molar-refractivity contribution in [3.63, 3.8) is 0 Å². The molecule has 0 spiro atoms. The average molecular weight is 493 g/mol. The molecule has 0 N–H and O–H groups in total. The molecule has 0 unspecified atom stereocenters. The number of imidazole rings is 1. The van der Waals surface area contributed by atoms with Crippen molar-refractivity contribution < 1.29 is 22.7 Å². The van der Waals surface area contributed by atoms with Gasteiger partial charge in [0.25, 0.3) is 5.91 Å². The van der Waals surface area contributed by atoms with Crippen LogP contribution < -0.4 is 4.74 Å². The van der Waals surface area contributed by atoms with E-state index >= 15 is 4.39 Å². The van der Waals surface area contributed by atoms with Crippen LogP contribution >= 0.6 is 0 Å². The summed E-state index contributed by atoms with van der Waals surface area (Å²) >= 11 is 0. The molecule has 4 heterocycles. The molecular formula is C26H22F3N5O2. The third-order valence-corrected chi connectivity index (χ3v) is 6.99. The zero-order chi connectivity index (χ0) is 25.3. The molecule has 0 aliphatic carbocycles. The molecule has 10 heteroatoms. The lowest BCUT2D eigenvalue weighted by Crippen LogP contribution is -2.30. The van der Waals surface area contributed by atoms with E-state index in [2.05, 4.69) is 15.0 Å². The molecule has 0 saturated carbocycles. The Kier molecular flexibility index (Phi) is 5.03. The van der Waals surface area contributed by atoms with E-state index in [0.717, 1.165) is 0 Å². The lowest BCUT2D eigenvalue weighted by Gasteiger charge is -2.24. The number of carbonyl (C=O) groups excluding carboxylic acids is 1. The molecule has 2 aliphatic heterocycles. The van der Waals surface area contributed by atoms with Gasteiger partial charge in [-0.05, 0) is 18.2 Å². The van der Waals surface area contributed by atoms with Gasteiger partial charge in [0.05, 0.1) is 23.1 Å². The summed E-state index contributed by atoms with van der Waals surface area (Å²) in [6, 6.07) is 6.72. The Morgan fingerprint density at radius 3 is 2.53 bits per heavy atom. The second kappa shape index (κ2) is 8.04. The van der Waals surface area contributed by atoms with Gasteiger partial charge in [0.1, 0.15) is 23.2 Å². The SMILES string of the molecule is CC(C)c1ncc(-c2cc3c(cc2F)nc2n3[C@@H]3C[C@H]2N(C)C(=O)c2cccc(OC(F)F)c23)cn1. The van der Waals surface area contributed by atoms with E-state index in [9.17, 15) is 13.6 Å². The van der Waals surface area contributed by atoms with Crippen molar-refractivity contribution in [3.8, 4) is 16.9 Å². The lowest BCUT2D eigenvalue weighted by molar-refractivity contribution is -0.0507. The summed E-state index contributed by atoms with van der Waals surface area (Å²) in [5.41, 5.74) is 2.55. The van der Waals surface area contributed by atoms with Gasteiger partial charge < -0.3 is 14.2 Å². The average Bonchev–Trinajstić information content (AvgIpc) is 3.35. The first-order valence-electron chi connectivity index (χ1n) is 11.6. The molecule has 6 rings (SSSR count). The second-order valence-corrected chi connectivity index (χ2v) is 9.42. The van der Waals surface area contributed by atoms with Gasteiger partial charge >= 0.3 is 6.61 Å². The number of hydrogen-bond acceptors (Lipinski definition) is 5. The summed E-state index contributed by atoms with van der Waals surface area (Å²) in [7, 11) is 1.66. The third-order valence-electron chi connectivity index (χ3n) is 6.99. The van der Waals surface area contributed by atoms with Crippen molar-refractivity contribution in [2.45, 2.75) is 44.9 Å². The molecule has 0 fully saturated rings. The maximum Gasteiger partial charge on any atom is 0.387 e. The Balaban J connectivity index is 1.57. The minimum atomic E-state index is -3.04. The summed E-state index contributed by atoms with van der Waals surface area (Å²) in [6.07, 6.45) is 3.62. The summed E-state index contributed by atoms with van der Waals surface area (Å²) < 4.78 is 48.5. The van der Waals surface area contributed by atoms with E-state index in [1.54, 1.807) is 36.5 Å². The predicted octanol–water partition coefficient (Wildman–Crippen LogP) is 5.48. The number of amides is 1. The van der Waals surface area contributed by atoms with Crippen LogP contribution in [0.25, 0.3) is 22.2 Å². The van der Waals surface area contributed by atoms with Crippen LogP contribution in [0.1, 0.15) is 65.8 Å². The van der Waals surface area contributed by atoms with Crippen molar-refractivity contribution in [2.24, 2.45) is 0 Å². The van der Waals surface area contributed by atoms with Gasteiger partial charge in [0, 0.05) is 60.1 Å². The van der Waals surface area contributed by atoms with E-state index in [1.165, 1.54) is 18.2 Å². The molecule has 0 saturated heterocycles. The number of hydrogen-bond donors (Lipinski definition) is 0. The maximum atomic E-state index is 15.2. The molecular weight excluding hydrogens is 471 g/mol. The van der Waals surface area contributed by atoms with Crippen LogP contribution in [0.15, 0.2) is 42.7 Å². The number of alkyl halides is 2. The highest BCUT2D eigenvalue weighted by molar-refractivity contribution is 5.98. The molecule has 36 heavy (non-hydrogen) atoms. The number of fused-ring (bicyclic) bond motifs is 9. The standard InChI is InChI=1S/C26H22F3N5O2/c1-12(2)23-30-10-13(11-31-23)15-7-18-17(8-16(15)27)32-24-20-9-19(34(18)24)22-14(25(35)33(20)3)5-4-6-21(22)36-26(28)29/h4-8,10-12,19-20,26H,9H2,1-3H3/t19-,20-/m1/s1. The van der Waals surface area contributed by atoms with E-state index in [4.69, 9.17) is 4.74 Å². The van der Waals surface area contributed by atoms with Crippen LogP contribution in [0.5, 0.6) is 5.75 Å². The zero-order valence-electron chi connectivity index (χ0n) is 19.7. The molecule has 4 aromatic rings. The number of aromatic nitrogens is 4. The zero-order valence-corrected chi connectivity index (χ0v) is 19.7. The van der Waals surface area contributed by atoms with Gasteiger partial charge in [-0.15, -0.1) is 0 Å². The van der Waals surface area contributed by atoms with Gasteiger partial charge in [-0.3, -0.25) is 4.79 Å². The van der Waals surface area contributed by atoms with Crippen LogP contribution in [0.4, 0.5) is 13.2 Å². The number of benzene rings is 2. The molecule has 2 atom stereocenters. The van der Waals surface area contributed by atoms with Crippen molar-refractivity contribution in [2.75, 3.05) is 7.05 Å². The Morgan fingerprint density at radius 2 is 1.83 bits per heavy atom. The van der Waals surface area contributed by atoms with E-state index < -0.39 is 24.5 Å². The fourth-order valence-corrected chi connectivity index (χ4v) is 5.30. The molecule has 2 bridgehead atoms. The van der Waals surface area contributed by atoms with Crippen LogP contribution in [0.3, 0.4) is 0 Å². The molecule has 7 nitrogen and oxygen atoms in total. The molecule has 2 aromatic carbocycles. The van der Waals surface area contributed by atoms with Crippen LogP contribution in [0.2, 0.25) is 0 Å². The minimum Gasteiger partial charge on any atom is -0.434 e. The van der Waals surface area contributed by atoms with E-state index in [-0.39, 0.29) is 17.6 Å². The monoisotopic (exact) mass is 493 g/mol. The first-order chi connectivity index (χ1) is 17.2. The van der Waals surface area contributed by atoms with Crippen LogP contribution in [0, 0.1) is 5.82 Å². The van der Waals surface area contributed by atoms with Gasteiger partial charge in [-0.25, -0.2) is 19.3 Å². The van der Waals surface area contributed by atoms with Gasteiger partial charge in [0.15, 0.2) is 0 Å². The van der Waals surface area contributed by atoms with Gasteiger partial charge in [0.2, 0.25) is 0 Å². The maximum absolute atomic E-state index is 15.2. The highest BCUT2D eigenvalue weighted by Crippen LogP contribution is 2.50. The van der Waals surface area contributed by atoms with E-state index in [0.29, 0.717) is 51.4 Å². The van der Waals surface area contributed by atoms with Crippen molar-refractivity contribution in [1.29, 1.82) is 0 Å². The molecule has 0 radical (unpaired) electrons. The number of halogens is 3. The smallest absolute Gasteiger partial charge is 0.387 e. The highest BCUT2D eigenvalue weighted by Gasteiger charge is 2.45. The van der Waals surface area contributed by atoms with Crippen molar-refractivity contribution in [1.82, 2.24) is 24.4 Å². The summed E-state index contributed by atoms with van der Waals surface area (Å²) in [5.74, 6) is 0.541. The molecule has 2 aromatic heterocycles. The summed E-state index contributed by atoms with van der Waals surface area (Å²) in [6.45, 7) is 0.908. The predicted molar refractivity (Wildman–Crippen MR) is 125 cm³/mol. The first kappa shape index (κ1) is 22.5. The first-order valence-corrected chi connectivity index (χ1v) is 11.6. The largest absolute Gasteiger partial charge is 0.434 e. The third kappa shape index (κ3) is 3.27. The van der Waals surface area contributed by atoms with Gasteiger partial charge in [-0.2, -0.15) is 8.78 Å². The Bertz CT molecular complexity index is 1520. The Hall–Kier alpha value is -3.95. The number of nitrogens with zero attached hydrogens (tertiary/aromatic N) is 5. The minimum absolute atomic E-state index is 0.0513. The molecule has 184 valence electrons. The highest BCUT2D eigenvalue weighted by atomic mass is 19.3. The fourth-order valence-electron chi connectivity index (χ4n) is 5.30. The van der Waals surface area contributed by atoms with E-state index in [1.807, 2.05) is 18.4 Å². The quantitative estimate of drug-likeness (QED) is 0.377. The molecule has 2 aliphatic rings. The lowest BCUT2D eigenvalue weighted by atomic mass is 9.97. The number of carbonyl (C=O) groups is 1. The topological polar surface area (TPSA) is 73.1 Å². The Labute approximate surface area is 204 Å². The van der Waals surface area contributed by atoms with Crippen LogP contribution in [-0.4, -0.2) is 44.0 Å². The second-order valence-electron chi connectivity index (χ2n) is 9.42. The van der Waals surface area contributed by atoms with Gasteiger partial charge in [-0.1, -0.05) is 19.9 Å². The summed E-state index contributed by atoms with van der Waals surface area (Å²) in [4.78, 5) is 28.2. The molecule has 1 amide bonds. The fraction of sp³-hybridized carbons (Fsp3) is 0.308. The summed E-state index contributed by atoms with van der Waals surface area (Å²) in [5, 5.41) is 0. The van der Waals surface area contributed by atoms with Crippen LogP contribution in [-0.2, 0) is 0 Å². The number of rotatable bonds is 4. The Morgan fingerprint density at radius 1 is 1.08 bits per heavy atom.